The molecule has 8 aromatic rings. The number of hydrogen-bond donors (Lipinski definition) is 0. The summed E-state index contributed by atoms with van der Waals surface area (Å²) < 4.78 is 12.7. The minimum absolute atomic E-state index is 0.108. The molecule has 214 valence electrons. The predicted molar refractivity (Wildman–Crippen MR) is 186 cm³/mol. The lowest BCUT2D eigenvalue weighted by Crippen LogP contribution is -2.24. The Morgan fingerprint density at radius 3 is 1.87 bits per heavy atom. The summed E-state index contributed by atoms with van der Waals surface area (Å²) in [6.07, 6.45) is 0. The number of furan rings is 1. The van der Waals surface area contributed by atoms with E-state index in [4.69, 9.17) is 9.15 Å². The van der Waals surface area contributed by atoms with E-state index in [0.717, 1.165) is 28.2 Å². The van der Waals surface area contributed by atoms with Crippen LogP contribution >= 0.6 is 0 Å². The van der Waals surface area contributed by atoms with E-state index in [1.54, 1.807) is 0 Å². The fourth-order valence-electron chi connectivity index (χ4n) is 7.16. The van der Waals surface area contributed by atoms with Crippen LogP contribution < -0.4 is 4.74 Å². The highest BCUT2D eigenvalue weighted by molar-refractivity contribution is 6.22. The summed E-state index contributed by atoms with van der Waals surface area (Å²) in [4.78, 5) is 0. The van der Waals surface area contributed by atoms with Crippen LogP contribution in [0.15, 0.2) is 150 Å². The first kappa shape index (κ1) is 25.9. The second kappa shape index (κ2) is 9.70. The topological polar surface area (TPSA) is 22.4 Å². The zero-order valence-corrected chi connectivity index (χ0v) is 25.2. The Labute approximate surface area is 262 Å². The molecule has 1 aromatic heterocycles. The van der Waals surface area contributed by atoms with Gasteiger partial charge in [-0.25, -0.2) is 0 Å². The first-order chi connectivity index (χ1) is 22.0. The minimum atomic E-state index is -0.108. The Hall–Kier alpha value is -5.60. The number of para-hydroxylation sites is 1. The molecule has 0 amide bonds. The van der Waals surface area contributed by atoms with Gasteiger partial charge >= 0.3 is 0 Å². The van der Waals surface area contributed by atoms with Crippen LogP contribution in [0.3, 0.4) is 0 Å². The fraction of sp³-hybridized carbons (Fsp3) is 0.0698. The third-order valence-corrected chi connectivity index (χ3v) is 9.57. The second-order valence-corrected chi connectivity index (χ2v) is 12.5. The van der Waals surface area contributed by atoms with Gasteiger partial charge in [0.15, 0.2) is 0 Å². The van der Waals surface area contributed by atoms with Crippen LogP contribution in [0.25, 0.3) is 66.1 Å². The van der Waals surface area contributed by atoms with Gasteiger partial charge in [-0.05, 0) is 68.4 Å². The molecule has 0 unspecified atom stereocenters. The number of benzene rings is 7. The summed E-state index contributed by atoms with van der Waals surface area (Å²) in [5.41, 5.74) is 11.2. The Balaban J connectivity index is 1.04. The highest BCUT2D eigenvalue weighted by Gasteiger charge is 2.34. The molecular weight excluding hydrogens is 548 g/mol. The van der Waals surface area contributed by atoms with E-state index in [1.165, 1.54) is 60.5 Å². The van der Waals surface area contributed by atoms with Gasteiger partial charge in [0.05, 0.1) is 0 Å². The van der Waals surface area contributed by atoms with E-state index in [0.29, 0.717) is 0 Å². The lowest BCUT2D eigenvalue weighted by atomic mass is 9.75. The molecule has 0 fully saturated rings. The normalized spacial score (nSPS) is 13.5. The summed E-state index contributed by atoms with van der Waals surface area (Å²) in [6, 6.07) is 51.8. The molecule has 0 bridgehead atoms. The SMILES string of the molecule is CC1(C)c2ccccc2Oc2cc(-c3ccc(-c4ccc(-c5cccc6oc7ccc8ccccc8c7c56)cc4)cc3)ccc21. The molecule has 2 heterocycles. The van der Waals surface area contributed by atoms with Crippen molar-refractivity contribution in [2.45, 2.75) is 19.3 Å². The van der Waals surface area contributed by atoms with Crippen LogP contribution in [-0.4, -0.2) is 0 Å². The van der Waals surface area contributed by atoms with E-state index in [-0.39, 0.29) is 5.41 Å². The van der Waals surface area contributed by atoms with Gasteiger partial charge in [-0.2, -0.15) is 0 Å². The average Bonchev–Trinajstić information content (AvgIpc) is 3.48. The Kier molecular flexibility index (Phi) is 5.58. The van der Waals surface area contributed by atoms with Crippen molar-refractivity contribution >= 4 is 32.7 Å². The molecule has 0 saturated heterocycles. The lowest BCUT2D eigenvalue weighted by Gasteiger charge is -2.34. The third-order valence-electron chi connectivity index (χ3n) is 9.57. The van der Waals surface area contributed by atoms with E-state index in [1.807, 2.05) is 6.07 Å². The summed E-state index contributed by atoms with van der Waals surface area (Å²) in [5.74, 6) is 1.88. The van der Waals surface area contributed by atoms with Crippen molar-refractivity contribution in [3.05, 3.63) is 157 Å². The minimum Gasteiger partial charge on any atom is -0.457 e. The molecular formula is C43H30O2. The molecule has 0 aliphatic carbocycles. The van der Waals surface area contributed by atoms with Crippen molar-refractivity contribution in [3.8, 4) is 44.9 Å². The zero-order valence-electron chi connectivity index (χ0n) is 25.2. The molecule has 1 aliphatic heterocycles. The summed E-state index contributed by atoms with van der Waals surface area (Å²) in [5, 5.41) is 4.79. The molecule has 0 saturated carbocycles. The maximum Gasteiger partial charge on any atom is 0.136 e. The van der Waals surface area contributed by atoms with Crippen LogP contribution in [0.5, 0.6) is 11.5 Å². The molecule has 2 nitrogen and oxygen atoms in total. The van der Waals surface area contributed by atoms with Gasteiger partial charge in [-0.3, -0.25) is 0 Å². The molecule has 7 aromatic carbocycles. The maximum absolute atomic E-state index is 6.38. The Bertz CT molecular complexity index is 2410. The fourth-order valence-corrected chi connectivity index (χ4v) is 7.16. The quantitative estimate of drug-likeness (QED) is 0.208. The smallest absolute Gasteiger partial charge is 0.136 e. The number of fused-ring (bicyclic) bond motifs is 7. The Morgan fingerprint density at radius 1 is 0.444 bits per heavy atom. The largest absolute Gasteiger partial charge is 0.457 e. The van der Waals surface area contributed by atoms with Crippen molar-refractivity contribution in [1.29, 1.82) is 0 Å². The van der Waals surface area contributed by atoms with Crippen LogP contribution in [0, 0.1) is 0 Å². The Morgan fingerprint density at radius 2 is 1.07 bits per heavy atom. The van der Waals surface area contributed by atoms with Gasteiger partial charge in [-0.1, -0.05) is 135 Å². The van der Waals surface area contributed by atoms with Crippen LogP contribution in [0.4, 0.5) is 0 Å². The molecule has 2 heteroatoms. The molecule has 9 rings (SSSR count). The van der Waals surface area contributed by atoms with Gasteiger partial charge in [0.25, 0.3) is 0 Å². The molecule has 1 aliphatic rings. The van der Waals surface area contributed by atoms with E-state index in [2.05, 4.69) is 153 Å². The average molecular weight is 579 g/mol. The van der Waals surface area contributed by atoms with Crippen LogP contribution in [-0.2, 0) is 5.41 Å². The van der Waals surface area contributed by atoms with Crippen molar-refractivity contribution in [3.63, 3.8) is 0 Å². The number of ether oxygens (including phenoxy) is 1. The van der Waals surface area contributed by atoms with E-state index < -0.39 is 0 Å². The first-order valence-electron chi connectivity index (χ1n) is 15.5. The number of rotatable bonds is 3. The van der Waals surface area contributed by atoms with Crippen molar-refractivity contribution in [2.24, 2.45) is 0 Å². The standard InChI is InChI=1S/C43H30O2/c1-43(2)35-11-5-6-12-37(35)44-40-26-32(22-24-36(40)43)29-16-14-27(15-17-29)28-18-20-31(21-19-28)34-10-7-13-38-41(34)42-33-9-4-3-8-30(33)23-25-39(42)45-38/h3-26H,1-2H3. The number of hydrogen-bond acceptors (Lipinski definition) is 2. The summed E-state index contributed by atoms with van der Waals surface area (Å²) in [6.45, 7) is 4.54. The van der Waals surface area contributed by atoms with Crippen LogP contribution in [0.1, 0.15) is 25.0 Å². The van der Waals surface area contributed by atoms with Crippen molar-refractivity contribution in [2.75, 3.05) is 0 Å². The molecule has 0 atom stereocenters. The van der Waals surface area contributed by atoms with Crippen LogP contribution in [0.2, 0.25) is 0 Å². The third kappa shape index (κ3) is 4.03. The highest BCUT2D eigenvalue weighted by atomic mass is 16.5. The molecule has 0 N–H and O–H groups in total. The van der Waals surface area contributed by atoms with E-state index in [9.17, 15) is 0 Å². The molecule has 0 radical (unpaired) electrons. The van der Waals surface area contributed by atoms with Crippen molar-refractivity contribution < 1.29 is 9.15 Å². The lowest BCUT2D eigenvalue weighted by molar-refractivity contribution is 0.418. The van der Waals surface area contributed by atoms with Gasteiger partial charge in [0.1, 0.15) is 22.7 Å². The monoisotopic (exact) mass is 578 g/mol. The first-order valence-corrected chi connectivity index (χ1v) is 15.5. The van der Waals surface area contributed by atoms with E-state index >= 15 is 0 Å². The maximum atomic E-state index is 6.38. The summed E-state index contributed by atoms with van der Waals surface area (Å²) >= 11 is 0. The molecule has 45 heavy (non-hydrogen) atoms. The second-order valence-electron chi connectivity index (χ2n) is 12.5. The molecule has 0 spiro atoms. The highest BCUT2D eigenvalue weighted by Crippen LogP contribution is 2.48. The van der Waals surface area contributed by atoms with Gasteiger partial charge in [0, 0.05) is 27.3 Å². The summed E-state index contributed by atoms with van der Waals surface area (Å²) in [7, 11) is 0. The van der Waals surface area contributed by atoms with Crippen molar-refractivity contribution in [1.82, 2.24) is 0 Å². The van der Waals surface area contributed by atoms with Gasteiger partial charge in [-0.15, -0.1) is 0 Å². The zero-order chi connectivity index (χ0) is 30.1. The predicted octanol–water partition coefficient (Wildman–Crippen LogP) is 12.2. The van der Waals surface area contributed by atoms with Gasteiger partial charge < -0.3 is 9.15 Å². The van der Waals surface area contributed by atoms with Gasteiger partial charge in [0.2, 0.25) is 0 Å².